The molecule has 0 unspecified atom stereocenters. The van der Waals surface area contributed by atoms with Gasteiger partial charge in [0.25, 0.3) is 0 Å². The van der Waals surface area contributed by atoms with Crippen LogP contribution in [0.1, 0.15) is 33.3 Å². The van der Waals surface area contributed by atoms with Crippen LogP contribution in [-0.4, -0.2) is 18.6 Å². The van der Waals surface area contributed by atoms with Gasteiger partial charge in [-0.25, -0.2) is 0 Å². The van der Waals surface area contributed by atoms with Gasteiger partial charge >= 0.3 is 0 Å². The van der Waals surface area contributed by atoms with E-state index in [9.17, 15) is 4.79 Å². The van der Waals surface area contributed by atoms with Crippen LogP contribution in [0.25, 0.3) is 0 Å². The maximum atomic E-state index is 12.4. The van der Waals surface area contributed by atoms with Gasteiger partial charge in [0, 0.05) is 5.54 Å². The Morgan fingerprint density at radius 3 is 2.32 bits per heavy atom. The van der Waals surface area contributed by atoms with E-state index in [1.54, 1.807) is 7.11 Å². The second kappa shape index (κ2) is 5.21. The number of nitrogens with one attached hydrogen (secondary N) is 1. The number of carbonyl (C=O) groups excluding carboxylic acids is 1. The minimum atomic E-state index is -0.692. The predicted molar refractivity (Wildman–Crippen MR) is 78.4 cm³/mol. The van der Waals surface area contributed by atoms with Gasteiger partial charge in [-0.2, -0.15) is 0 Å². The molecule has 1 aromatic carbocycles. The fraction of sp³-hybridized carbons (Fsp3) is 0.533. The van der Waals surface area contributed by atoms with Gasteiger partial charge in [-0.1, -0.05) is 6.07 Å². The molecule has 0 aliphatic rings. The van der Waals surface area contributed by atoms with E-state index in [-0.39, 0.29) is 5.91 Å². The van der Waals surface area contributed by atoms with Gasteiger partial charge in [0.1, 0.15) is 5.75 Å². The summed E-state index contributed by atoms with van der Waals surface area (Å²) in [6.07, 6.45) is 0. The molecule has 0 fully saturated rings. The van der Waals surface area contributed by atoms with Crippen LogP contribution in [-0.2, 0) is 4.79 Å². The first-order valence-corrected chi connectivity index (χ1v) is 6.34. The SMILES string of the molecule is COc1cc(C)ccc1NC(=O)C(C)(C)C(C)(C)N. The van der Waals surface area contributed by atoms with Gasteiger partial charge in [-0.05, 0) is 52.3 Å². The van der Waals surface area contributed by atoms with Crippen LogP contribution >= 0.6 is 0 Å². The highest BCUT2D eigenvalue weighted by Gasteiger charge is 2.40. The molecule has 0 radical (unpaired) electrons. The summed E-state index contributed by atoms with van der Waals surface area (Å²) in [6, 6.07) is 5.65. The first-order chi connectivity index (χ1) is 8.59. The third kappa shape index (κ3) is 3.26. The molecule has 0 spiro atoms. The van der Waals surface area contributed by atoms with Crippen LogP contribution < -0.4 is 15.8 Å². The van der Waals surface area contributed by atoms with Crippen molar-refractivity contribution in [2.24, 2.45) is 11.1 Å². The topological polar surface area (TPSA) is 64.3 Å². The van der Waals surface area contributed by atoms with E-state index in [1.165, 1.54) is 0 Å². The van der Waals surface area contributed by atoms with Crippen molar-refractivity contribution in [3.05, 3.63) is 23.8 Å². The fourth-order valence-corrected chi connectivity index (χ4v) is 1.47. The van der Waals surface area contributed by atoms with Crippen molar-refractivity contribution < 1.29 is 9.53 Å². The smallest absolute Gasteiger partial charge is 0.231 e. The highest BCUT2D eigenvalue weighted by atomic mass is 16.5. The lowest BCUT2D eigenvalue weighted by atomic mass is 9.74. The quantitative estimate of drug-likeness (QED) is 0.878. The lowest BCUT2D eigenvalue weighted by molar-refractivity contribution is -0.126. The largest absolute Gasteiger partial charge is 0.495 e. The molecule has 0 saturated heterocycles. The number of aryl methyl sites for hydroxylation is 1. The average Bonchev–Trinajstić information content (AvgIpc) is 2.29. The zero-order valence-electron chi connectivity index (χ0n) is 12.6. The molecule has 0 atom stereocenters. The number of rotatable bonds is 4. The van der Waals surface area contributed by atoms with E-state index >= 15 is 0 Å². The molecule has 0 saturated carbocycles. The molecule has 0 aliphatic carbocycles. The summed E-state index contributed by atoms with van der Waals surface area (Å²) < 4.78 is 5.28. The lowest BCUT2D eigenvalue weighted by Gasteiger charge is -2.37. The fourth-order valence-electron chi connectivity index (χ4n) is 1.47. The van der Waals surface area contributed by atoms with Crippen molar-refractivity contribution in [1.82, 2.24) is 0 Å². The van der Waals surface area contributed by atoms with Crippen molar-refractivity contribution >= 4 is 11.6 Å². The Kier molecular flexibility index (Phi) is 4.25. The summed E-state index contributed by atoms with van der Waals surface area (Å²) in [6.45, 7) is 9.34. The third-order valence-corrected chi connectivity index (χ3v) is 3.78. The van der Waals surface area contributed by atoms with Crippen molar-refractivity contribution in [2.75, 3.05) is 12.4 Å². The number of anilines is 1. The highest BCUT2D eigenvalue weighted by molar-refractivity contribution is 5.97. The standard InChI is InChI=1S/C15H24N2O2/c1-10-7-8-11(12(9-10)19-6)17-13(18)14(2,3)15(4,5)16/h7-9H,16H2,1-6H3,(H,17,18). The highest BCUT2D eigenvalue weighted by Crippen LogP contribution is 2.32. The number of hydrogen-bond donors (Lipinski definition) is 2. The van der Waals surface area contributed by atoms with Gasteiger partial charge in [0.05, 0.1) is 18.2 Å². The molecule has 0 aliphatic heterocycles. The first kappa shape index (κ1) is 15.5. The second-order valence-electron chi connectivity index (χ2n) is 6.00. The van der Waals surface area contributed by atoms with Crippen LogP contribution in [0.2, 0.25) is 0 Å². The molecule has 1 rings (SSSR count). The number of benzene rings is 1. The van der Waals surface area contributed by atoms with Gasteiger partial charge in [-0.3, -0.25) is 4.79 Å². The molecule has 4 heteroatoms. The zero-order chi connectivity index (χ0) is 14.8. The summed E-state index contributed by atoms with van der Waals surface area (Å²) >= 11 is 0. The van der Waals surface area contributed by atoms with Gasteiger partial charge < -0.3 is 15.8 Å². The normalized spacial score (nSPS) is 12.2. The molecule has 0 heterocycles. The van der Waals surface area contributed by atoms with E-state index < -0.39 is 11.0 Å². The molecular weight excluding hydrogens is 240 g/mol. The van der Waals surface area contributed by atoms with Crippen molar-refractivity contribution in [3.8, 4) is 5.75 Å². The molecule has 4 nitrogen and oxygen atoms in total. The Hall–Kier alpha value is -1.55. The molecule has 1 aromatic rings. The molecule has 1 amide bonds. The summed E-state index contributed by atoms with van der Waals surface area (Å²) in [5.74, 6) is 0.529. The third-order valence-electron chi connectivity index (χ3n) is 3.78. The van der Waals surface area contributed by atoms with E-state index in [0.717, 1.165) is 5.56 Å². The minimum Gasteiger partial charge on any atom is -0.495 e. The van der Waals surface area contributed by atoms with Crippen LogP contribution in [0.3, 0.4) is 0 Å². The maximum absolute atomic E-state index is 12.4. The Morgan fingerprint density at radius 2 is 1.84 bits per heavy atom. The van der Waals surface area contributed by atoms with E-state index in [2.05, 4.69) is 5.32 Å². The maximum Gasteiger partial charge on any atom is 0.231 e. The van der Waals surface area contributed by atoms with Crippen molar-refractivity contribution in [3.63, 3.8) is 0 Å². The average molecular weight is 264 g/mol. The monoisotopic (exact) mass is 264 g/mol. The Bertz CT molecular complexity index is 474. The van der Waals surface area contributed by atoms with E-state index in [4.69, 9.17) is 10.5 Å². The van der Waals surface area contributed by atoms with Gasteiger partial charge in [-0.15, -0.1) is 0 Å². The lowest BCUT2D eigenvalue weighted by Crippen LogP contribution is -2.53. The predicted octanol–water partition coefficient (Wildman–Crippen LogP) is 2.71. The Morgan fingerprint density at radius 1 is 1.26 bits per heavy atom. The number of hydrogen-bond acceptors (Lipinski definition) is 3. The molecule has 106 valence electrons. The van der Waals surface area contributed by atoms with Crippen molar-refractivity contribution in [2.45, 2.75) is 40.2 Å². The van der Waals surface area contributed by atoms with Gasteiger partial charge in [0.2, 0.25) is 5.91 Å². The summed E-state index contributed by atoms with van der Waals surface area (Å²) in [7, 11) is 1.59. The summed E-state index contributed by atoms with van der Waals surface area (Å²) in [5, 5.41) is 2.89. The molecule has 19 heavy (non-hydrogen) atoms. The molecule has 0 bridgehead atoms. The van der Waals surface area contributed by atoms with Crippen LogP contribution in [0.5, 0.6) is 5.75 Å². The van der Waals surface area contributed by atoms with Crippen LogP contribution in [0.15, 0.2) is 18.2 Å². The molecular formula is C15H24N2O2. The summed E-state index contributed by atoms with van der Waals surface area (Å²) in [4.78, 5) is 12.4. The minimum absolute atomic E-state index is 0.123. The number of amides is 1. The van der Waals surface area contributed by atoms with Crippen LogP contribution in [0.4, 0.5) is 5.69 Å². The zero-order valence-corrected chi connectivity index (χ0v) is 12.6. The number of carbonyl (C=O) groups is 1. The number of methoxy groups -OCH3 is 1. The van der Waals surface area contributed by atoms with E-state index in [0.29, 0.717) is 11.4 Å². The van der Waals surface area contributed by atoms with Gasteiger partial charge in [0.15, 0.2) is 0 Å². The second-order valence-corrected chi connectivity index (χ2v) is 6.00. The number of ether oxygens (including phenoxy) is 1. The Labute approximate surface area is 115 Å². The van der Waals surface area contributed by atoms with E-state index in [1.807, 2.05) is 52.8 Å². The van der Waals surface area contributed by atoms with Crippen molar-refractivity contribution in [1.29, 1.82) is 0 Å². The van der Waals surface area contributed by atoms with Crippen LogP contribution in [0, 0.1) is 12.3 Å². The Balaban J connectivity index is 3.01. The molecule has 0 aromatic heterocycles. The summed E-state index contributed by atoms with van der Waals surface area (Å²) in [5.41, 5.74) is 6.50. The first-order valence-electron chi connectivity index (χ1n) is 6.34. The number of nitrogens with two attached hydrogens (primary N) is 1. The molecule has 3 N–H and O–H groups in total.